The predicted octanol–water partition coefficient (Wildman–Crippen LogP) is 1.88. The number of rotatable bonds is 3. The van der Waals surface area contributed by atoms with Gasteiger partial charge in [0.1, 0.15) is 0 Å². The van der Waals surface area contributed by atoms with E-state index in [0.717, 1.165) is 12.1 Å². The highest BCUT2D eigenvalue weighted by Crippen LogP contribution is 2.03. The van der Waals surface area contributed by atoms with Gasteiger partial charge in [0.25, 0.3) is 0 Å². The minimum absolute atomic E-state index is 0.116. The fraction of sp³-hybridized carbons (Fsp3) is 0.750. The molecule has 10 heavy (non-hydrogen) atoms. The maximum Gasteiger partial charge on any atom is 0.0813 e. The van der Waals surface area contributed by atoms with Gasteiger partial charge in [-0.25, -0.2) is 0 Å². The van der Waals surface area contributed by atoms with Crippen LogP contribution >= 0.6 is 0 Å². The first-order valence-electron chi connectivity index (χ1n) is 3.47. The van der Waals surface area contributed by atoms with Crippen LogP contribution in [0.5, 0.6) is 0 Å². The Hall–Kier alpha value is -0.340. The molecule has 0 fully saturated rings. The summed E-state index contributed by atoms with van der Waals surface area (Å²) in [5, 5.41) is 0. The molecule has 0 aliphatic rings. The highest BCUT2D eigenvalue weighted by atomic mass is 16.7. The molecule has 0 aliphatic carbocycles. The monoisotopic (exact) mass is 143 g/mol. The Morgan fingerprint density at radius 2 is 2.00 bits per heavy atom. The van der Waals surface area contributed by atoms with E-state index in [4.69, 9.17) is 4.84 Å². The molecule has 0 aromatic carbocycles. The lowest BCUT2D eigenvalue weighted by Gasteiger charge is -2.19. The largest absolute Gasteiger partial charge is 0.296 e. The van der Waals surface area contributed by atoms with Crippen molar-refractivity contribution in [1.82, 2.24) is 5.48 Å². The first-order chi connectivity index (χ1) is 4.42. The van der Waals surface area contributed by atoms with E-state index in [1.807, 2.05) is 27.7 Å². The van der Waals surface area contributed by atoms with Gasteiger partial charge in [-0.15, -0.1) is 0 Å². The van der Waals surface area contributed by atoms with E-state index in [-0.39, 0.29) is 5.60 Å². The van der Waals surface area contributed by atoms with Crippen LogP contribution in [0.25, 0.3) is 0 Å². The summed E-state index contributed by atoms with van der Waals surface area (Å²) in [6.07, 6.45) is 0. The molecule has 0 amide bonds. The maximum atomic E-state index is 5.23. The van der Waals surface area contributed by atoms with Crippen LogP contribution in [0.2, 0.25) is 0 Å². The number of hydrogen-bond acceptors (Lipinski definition) is 2. The third-order valence-electron chi connectivity index (χ3n) is 0.752. The fourth-order valence-electron chi connectivity index (χ4n) is 0.376. The summed E-state index contributed by atoms with van der Waals surface area (Å²) in [5.41, 5.74) is 3.78. The van der Waals surface area contributed by atoms with Crippen molar-refractivity contribution in [2.24, 2.45) is 0 Å². The van der Waals surface area contributed by atoms with E-state index in [1.165, 1.54) is 0 Å². The van der Waals surface area contributed by atoms with Crippen molar-refractivity contribution in [1.29, 1.82) is 0 Å². The van der Waals surface area contributed by atoms with E-state index < -0.39 is 0 Å². The molecule has 0 aliphatic heterocycles. The zero-order valence-electron chi connectivity index (χ0n) is 7.32. The molecule has 0 bridgehead atoms. The molecule has 0 rings (SSSR count). The second kappa shape index (κ2) is 3.74. The van der Waals surface area contributed by atoms with Crippen molar-refractivity contribution in [2.75, 3.05) is 6.54 Å². The Bertz CT molecular complexity index is 113. The molecule has 0 saturated carbocycles. The molecule has 0 aromatic rings. The molecule has 0 atom stereocenters. The summed E-state index contributed by atoms with van der Waals surface area (Å²) < 4.78 is 0. The van der Waals surface area contributed by atoms with Gasteiger partial charge in [-0.05, 0) is 27.7 Å². The van der Waals surface area contributed by atoms with Crippen molar-refractivity contribution in [3.8, 4) is 0 Å². The van der Waals surface area contributed by atoms with Gasteiger partial charge in [0.05, 0.1) is 5.60 Å². The van der Waals surface area contributed by atoms with Gasteiger partial charge in [-0.3, -0.25) is 4.84 Å². The lowest BCUT2D eigenvalue weighted by atomic mass is 10.2. The average molecular weight is 143 g/mol. The Kier molecular flexibility index (Phi) is 3.61. The molecular weight excluding hydrogens is 126 g/mol. The molecule has 2 nitrogen and oxygen atoms in total. The second-order valence-corrected chi connectivity index (χ2v) is 3.49. The molecule has 60 valence electrons. The van der Waals surface area contributed by atoms with Crippen LogP contribution in [0, 0.1) is 0 Å². The van der Waals surface area contributed by atoms with Crippen LogP contribution < -0.4 is 5.48 Å². The van der Waals surface area contributed by atoms with E-state index in [0.29, 0.717) is 0 Å². The van der Waals surface area contributed by atoms with Gasteiger partial charge in [0, 0.05) is 6.54 Å². The van der Waals surface area contributed by atoms with Crippen molar-refractivity contribution in [3.63, 3.8) is 0 Å². The summed E-state index contributed by atoms with van der Waals surface area (Å²) in [6.45, 7) is 12.4. The SMILES string of the molecule is C=C(C)CNOC(C)(C)C. The topological polar surface area (TPSA) is 21.3 Å². The van der Waals surface area contributed by atoms with Crippen LogP contribution in [0.1, 0.15) is 27.7 Å². The van der Waals surface area contributed by atoms with E-state index >= 15 is 0 Å². The predicted molar refractivity (Wildman–Crippen MR) is 43.7 cm³/mol. The highest BCUT2D eigenvalue weighted by Gasteiger charge is 2.08. The molecule has 0 radical (unpaired) electrons. The molecule has 0 unspecified atom stereocenters. The summed E-state index contributed by atoms with van der Waals surface area (Å²) in [5.74, 6) is 0. The summed E-state index contributed by atoms with van der Waals surface area (Å²) >= 11 is 0. The lowest BCUT2D eigenvalue weighted by Crippen LogP contribution is -2.29. The number of nitrogens with one attached hydrogen (secondary N) is 1. The zero-order valence-corrected chi connectivity index (χ0v) is 7.32. The summed E-state index contributed by atoms with van der Waals surface area (Å²) in [6, 6.07) is 0. The molecule has 0 saturated heterocycles. The number of hydrogen-bond donors (Lipinski definition) is 1. The normalized spacial score (nSPS) is 11.6. The number of hydroxylamine groups is 1. The van der Waals surface area contributed by atoms with Crippen LogP contribution in [0.15, 0.2) is 12.2 Å². The zero-order chi connectivity index (χ0) is 8.20. The molecule has 2 heteroatoms. The lowest BCUT2D eigenvalue weighted by molar-refractivity contribution is -0.0686. The van der Waals surface area contributed by atoms with Gasteiger partial charge in [-0.2, -0.15) is 5.48 Å². The minimum Gasteiger partial charge on any atom is -0.296 e. The van der Waals surface area contributed by atoms with Crippen molar-refractivity contribution >= 4 is 0 Å². The van der Waals surface area contributed by atoms with E-state index in [2.05, 4.69) is 12.1 Å². The minimum atomic E-state index is -0.116. The van der Waals surface area contributed by atoms with Gasteiger partial charge in [0.2, 0.25) is 0 Å². The fourth-order valence-corrected chi connectivity index (χ4v) is 0.376. The van der Waals surface area contributed by atoms with Crippen LogP contribution in [0.3, 0.4) is 0 Å². The Balaban J connectivity index is 3.29. The van der Waals surface area contributed by atoms with Crippen LogP contribution in [-0.2, 0) is 4.84 Å². The summed E-state index contributed by atoms with van der Waals surface area (Å²) in [4.78, 5) is 5.23. The first-order valence-corrected chi connectivity index (χ1v) is 3.47. The summed E-state index contributed by atoms with van der Waals surface area (Å²) in [7, 11) is 0. The van der Waals surface area contributed by atoms with Gasteiger partial charge < -0.3 is 0 Å². The van der Waals surface area contributed by atoms with Crippen LogP contribution in [-0.4, -0.2) is 12.1 Å². The van der Waals surface area contributed by atoms with Gasteiger partial charge in [0.15, 0.2) is 0 Å². The van der Waals surface area contributed by atoms with Crippen molar-refractivity contribution in [3.05, 3.63) is 12.2 Å². The van der Waals surface area contributed by atoms with E-state index in [1.54, 1.807) is 0 Å². The molecular formula is C8H17NO. The van der Waals surface area contributed by atoms with Crippen molar-refractivity contribution < 1.29 is 4.84 Å². The van der Waals surface area contributed by atoms with Crippen LogP contribution in [0.4, 0.5) is 0 Å². The highest BCUT2D eigenvalue weighted by molar-refractivity contribution is 4.89. The molecule has 0 heterocycles. The Morgan fingerprint density at radius 3 is 2.30 bits per heavy atom. The average Bonchev–Trinajstić information content (AvgIpc) is 1.59. The third-order valence-corrected chi connectivity index (χ3v) is 0.752. The standard InChI is InChI=1S/C8H17NO/c1-7(2)6-9-10-8(3,4)5/h9H,1,6H2,2-5H3. The molecule has 0 spiro atoms. The Labute approximate surface area is 63.2 Å². The maximum absolute atomic E-state index is 5.23. The first kappa shape index (κ1) is 9.66. The molecule has 1 N–H and O–H groups in total. The van der Waals surface area contributed by atoms with E-state index in [9.17, 15) is 0 Å². The van der Waals surface area contributed by atoms with Gasteiger partial charge >= 0.3 is 0 Å². The Morgan fingerprint density at radius 1 is 1.50 bits per heavy atom. The smallest absolute Gasteiger partial charge is 0.0813 e. The molecule has 0 aromatic heterocycles. The third kappa shape index (κ3) is 7.66. The second-order valence-electron chi connectivity index (χ2n) is 3.49. The van der Waals surface area contributed by atoms with Crippen molar-refractivity contribution in [2.45, 2.75) is 33.3 Å². The van der Waals surface area contributed by atoms with Gasteiger partial charge in [-0.1, -0.05) is 12.2 Å². The quantitative estimate of drug-likeness (QED) is 0.481.